The van der Waals surface area contributed by atoms with Crippen molar-refractivity contribution in [2.75, 3.05) is 20.3 Å². The van der Waals surface area contributed by atoms with E-state index in [-0.39, 0.29) is 17.9 Å². The molecule has 0 aromatic heterocycles. The van der Waals surface area contributed by atoms with Crippen LogP contribution in [0.4, 0.5) is 0 Å². The van der Waals surface area contributed by atoms with Crippen LogP contribution in [0.5, 0.6) is 0 Å². The van der Waals surface area contributed by atoms with Gasteiger partial charge >= 0.3 is 5.97 Å². The van der Waals surface area contributed by atoms with Gasteiger partial charge in [-0.1, -0.05) is 38.9 Å². The molecule has 1 heterocycles. The number of esters is 1. The molecule has 0 bridgehead atoms. The summed E-state index contributed by atoms with van der Waals surface area (Å²) in [6.07, 6.45) is 7.97. The summed E-state index contributed by atoms with van der Waals surface area (Å²) in [5.41, 5.74) is -0.426. The first kappa shape index (κ1) is 22.9. The van der Waals surface area contributed by atoms with E-state index in [1.54, 1.807) is 7.11 Å². The number of methoxy groups -OCH3 is 1. The molecule has 0 radical (unpaired) electrons. The van der Waals surface area contributed by atoms with Gasteiger partial charge in [0.05, 0.1) is 12.5 Å². The van der Waals surface area contributed by atoms with Crippen LogP contribution in [0.25, 0.3) is 0 Å². The third kappa shape index (κ3) is 6.28. The van der Waals surface area contributed by atoms with Crippen LogP contribution < -0.4 is 0 Å². The second kappa shape index (κ2) is 9.38. The Kier molecular flexibility index (Phi) is 7.94. The quantitative estimate of drug-likeness (QED) is 0.376. The maximum Gasteiger partial charge on any atom is 0.311 e. The minimum absolute atomic E-state index is 0.000128. The molecule has 1 saturated heterocycles. The van der Waals surface area contributed by atoms with Crippen LogP contribution >= 0.6 is 0 Å². The number of carbonyl (C=O) groups is 1. The summed E-state index contributed by atoms with van der Waals surface area (Å²) in [5, 5.41) is 2.57. The predicted molar refractivity (Wildman–Crippen MR) is 113 cm³/mol. The van der Waals surface area contributed by atoms with Crippen LogP contribution in [0.2, 0.25) is 19.6 Å². The number of hydrogen-bond acceptors (Lipinski definition) is 5. The monoisotopic (exact) mass is 398 g/mol. The molecule has 1 saturated carbocycles. The van der Waals surface area contributed by atoms with Gasteiger partial charge in [-0.15, -0.1) is 0 Å². The molecule has 6 heteroatoms. The molecule has 3 atom stereocenters. The molecule has 0 N–H and O–H groups in total. The van der Waals surface area contributed by atoms with E-state index in [4.69, 9.17) is 9.47 Å². The number of rotatable bonds is 6. The highest BCUT2D eigenvalue weighted by molar-refractivity contribution is 6.73. The molecule has 0 aromatic rings. The number of ether oxygens (including phenoxy) is 2. The van der Waals surface area contributed by atoms with Crippen molar-refractivity contribution in [3.63, 3.8) is 0 Å². The lowest BCUT2D eigenvalue weighted by molar-refractivity contribution is -0.165. The molecule has 0 aromatic carbocycles. The summed E-state index contributed by atoms with van der Waals surface area (Å²) in [6, 6.07) is 0.690. The van der Waals surface area contributed by atoms with E-state index in [1.165, 1.54) is 25.7 Å². The molecule has 1 aliphatic carbocycles. The van der Waals surface area contributed by atoms with Crippen molar-refractivity contribution in [2.24, 2.45) is 5.92 Å². The van der Waals surface area contributed by atoms with Crippen molar-refractivity contribution in [1.29, 1.82) is 0 Å². The Morgan fingerprint density at radius 1 is 1.07 bits per heavy atom. The number of hydrazine groups is 1. The largest absolute Gasteiger partial charge is 0.460 e. The molecular weight excluding hydrogens is 356 g/mol. The van der Waals surface area contributed by atoms with E-state index in [0.29, 0.717) is 6.04 Å². The zero-order valence-corrected chi connectivity index (χ0v) is 19.7. The average molecular weight is 399 g/mol. The average Bonchev–Trinajstić information content (AvgIpc) is 2.81. The minimum atomic E-state index is -1.68. The van der Waals surface area contributed by atoms with Crippen molar-refractivity contribution < 1.29 is 14.3 Å². The van der Waals surface area contributed by atoms with Crippen molar-refractivity contribution in [3.8, 4) is 0 Å². The summed E-state index contributed by atoms with van der Waals surface area (Å²) < 4.78 is 14.1. The van der Waals surface area contributed by atoms with Gasteiger partial charge in [0.25, 0.3) is 0 Å². The van der Waals surface area contributed by atoms with Crippen LogP contribution in [0, 0.1) is 5.92 Å². The van der Waals surface area contributed by atoms with Gasteiger partial charge in [0.2, 0.25) is 0 Å². The SMILES string of the molecule is COC[C@@H]1CCCN1N([C@H]1CCCCC[C@@H]1C(=O)OC(C)(C)C)[Si](C)(C)C. The lowest BCUT2D eigenvalue weighted by atomic mass is 9.95. The van der Waals surface area contributed by atoms with Gasteiger partial charge in [0.1, 0.15) is 13.8 Å². The maximum absolute atomic E-state index is 13.2. The first-order chi connectivity index (χ1) is 12.5. The maximum atomic E-state index is 13.2. The zero-order chi connectivity index (χ0) is 20.2. The zero-order valence-electron chi connectivity index (χ0n) is 18.7. The van der Waals surface area contributed by atoms with Crippen molar-refractivity contribution in [2.45, 2.75) is 103 Å². The van der Waals surface area contributed by atoms with Gasteiger partial charge in [0.15, 0.2) is 0 Å². The Morgan fingerprint density at radius 3 is 2.33 bits per heavy atom. The second-order valence-electron chi connectivity index (χ2n) is 10.3. The Bertz CT molecular complexity index is 487. The van der Waals surface area contributed by atoms with E-state index in [1.807, 2.05) is 20.8 Å². The van der Waals surface area contributed by atoms with E-state index < -0.39 is 13.8 Å². The summed E-state index contributed by atoms with van der Waals surface area (Å²) in [6.45, 7) is 15.0. The highest BCUT2D eigenvalue weighted by Gasteiger charge is 2.45. The molecule has 2 fully saturated rings. The fourth-order valence-electron chi connectivity index (χ4n) is 4.77. The van der Waals surface area contributed by atoms with Gasteiger partial charge in [-0.05, 0) is 46.5 Å². The molecule has 27 heavy (non-hydrogen) atoms. The van der Waals surface area contributed by atoms with Crippen LogP contribution in [0.3, 0.4) is 0 Å². The van der Waals surface area contributed by atoms with E-state index in [2.05, 4.69) is 29.3 Å². The first-order valence-electron chi connectivity index (χ1n) is 10.8. The molecular formula is C21H42N2O3Si. The van der Waals surface area contributed by atoms with Gasteiger partial charge in [-0.3, -0.25) is 9.47 Å². The van der Waals surface area contributed by atoms with E-state index in [0.717, 1.165) is 32.4 Å². The van der Waals surface area contributed by atoms with Gasteiger partial charge in [0, 0.05) is 25.7 Å². The third-order valence-corrected chi connectivity index (χ3v) is 7.64. The molecule has 0 spiro atoms. The first-order valence-corrected chi connectivity index (χ1v) is 14.3. The van der Waals surface area contributed by atoms with E-state index >= 15 is 0 Å². The second-order valence-corrected chi connectivity index (χ2v) is 15.1. The summed E-state index contributed by atoms with van der Waals surface area (Å²) in [4.78, 5) is 13.2. The van der Waals surface area contributed by atoms with Gasteiger partial charge < -0.3 is 9.47 Å². The summed E-state index contributed by atoms with van der Waals surface area (Å²) in [7, 11) is 0.113. The molecule has 1 aliphatic heterocycles. The van der Waals surface area contributed by atoms with Crippen LogP contribution in [-0.4, -0.2) is 61.8 Å². The van der Waals surface area contributed by atoms with Crippen LogP contribution in [-0.2, 0) is 14.3 Å². The van der Waals surface area contributed by atoms with Crippen molar-refractivity contribution >= 4 is 14.2 Å². The summed E-state index contributed by atoms with van der Waals surface area (Å²) in [5.74, 6) is -0.0256. The van der Waals surface area contributed by atoms with Gasteiger partial charge in [-0.2, -0.15) is 0 Å². The number of nitrogens with zero attached hydrogens (tertiary/aromatic N) is 2. The lowest BCUT2D eigenvalue weighted by Crippen LogP contribution is -2.64. The Hall–Kier alpha value is -0.433. The van der Waals surface area contributed by atoms with Crippen LogP contribution in [0.15, 0.2) is 0 Å². The fraction of sp³-hybridized carbons (Fsp3) is 0.952. The Morgan fingerprint density at radius 2 is 1.74 bits per heavy atom. The van der Waals surface area contributed by atoms with Crippen molar-refractivity contribution in [3.05, 3.63) is 0 Å². The minimum Gasteiger partial charge on any atom is -0.460 e. The number of hydrogen-bond donors (Lipinski definition) is 0. The molecule has 0 unspecified atom stereocenters. The van der Waals surface area contributed by atoms with Gasteiger partial charge in [-0.25, -0.2) is 5.01 Å². The predicted octanol–water partition coefficient (Wildman–Crippen LogP) is 4.44. The lowest BCUT2D eigenvalue weighted by Gasteiger charge is -2.50. The molecule has 2 aliphatic rings. The standard InChI is InChI=1S/C21H42N2O3Si/c1-21(2,3)26-20(24)18-13-9-8-10-14-19(18)23(27(5,6)7)22-15-11-12-17(22)16-25-4/h17-19H,8-16H2,1-7H3/t17-,18-,19-/m0/s1. The topological polar surface area (TPSA) is 42.0 Å². The highest BCUT2D eigenvalue weighted by Crippen LogP contribution is 2.36. The normalized spacial score (nSPS) is 28.4. The molecule has 0 amide bonds. The van der Waals surface area contributed by atoms with E-state index in [9.17, 15) is 4.79 Å². The highest BCUT2D eigenvalue weighted by atomic mass is 28.3. The van der Waals surface area contributed by atoms with Crippen molar-refractivity contribution in [1.82, 2.24) is 9.68 Å². The fourth-order valence-corrected chi connectivity index (χ4v) is 7.11. The molecule has 5 nitrogen and oxygen atoms in total. The van der Waals surface area contributed by atoms with Crippen LogP contribution in [0.1, 0.15) is 65.7 Å². The molecule has 2 rings (SSSR count). The smallest absolute Gasteiger partial charge is 0.311 e. The Balaban J connectivity index is 2.33. The number of carbonyl (C=O) groups excluding carboxylic acids is 1. The third-order valence-electron chi connectivity index (χ3n) is 5.67. The summed E-state index contributed by atoms with van der Waals surface area (Å²) >= 11 is 0. The molecule has 158 valence electrons. The Labute approximate surface area is 167 Å².